The Morgan fingerprint density at radius 2 is 1.95 bits per heavy atom. The molecule has 7 heteroatoms. The largest absolute Gasteiger partial charge is 0.496 e. The van der Waals surface area contributed by atoms with E-state index in [2.05, 4.69) is 0 Å². The Morgan fingerprint density at radius 1 is 1.35 bits per heavy atom. The number of hydrogen-bond donors (Lipinski definition) is 2. The van der Waals surface area contributed by atoms with Crippen LogP contribution in [0.2, 0.25) is 0 Å². The zero-order valence-electron chi connectivity index (χ0n) is 11.3. The van der Waals surface area contributed by atoms with Gasteiger partial charge in [-0.2, -0.15) is 13.2 Å². The lowest BCUT2D eigenvalue weighted by molar-refractivity contribution is -0.137. The van der Waals surface area contributed by atoms with Crippen LogP contribution in [0.25, 0.3) is 0 Å². The summed E-state index contributed by atoms with van der Waals surface area (Å²) in [5, 5.41) is 9.82. The molecular formula is C13H19ClF3NO2. The van der Waals surface area contributed by atoms with Crippen LogP contribution in [0.1, 0.15) is 36.9 Å². The van der Waals surface area contributed by atoms with Crippen LogP contribution in [0.15, 0.2) is 18.2 Å². The first-order valence-corrected chi connectivity index (χ1v) is 6.00. The van der Waals surface area contributed by atoms with E-state index in [4.69, 9.17) is 10.5 Å². The zero-order valence-corrected chi connectivity index (χ0v) is 12.1. The van der Waals surface area contributed by atoms with Crippen molar-refractivity contribution in [2.24, 2.45) is 5.73 Å². The highest BCUT2D eigenvalue weighted by atomic mass is 35.5. The Morgan fingerprint density at radius 3 is 2.40 bits per heavy atom. The average molecular weight is 314 g/mol. The second-order valence-corrected chi connectivity index (χ2v) is 4.34. The number of hydrogen-bond acceptors (Lipinski definition) is 3. The molecule has 1 aromatic carbocycles. The van der Waals surface area contributed by atoms with Crippen molar-refractivity contribution in [1.82, 2.24) is 0 Å². The van der Waals surface area contributed by atoms with Gasteiger partial charge in [-0.1, -0.05) is 19.4 Å². The summed E-state index contributed by atoms with van der Waals surface area (Å²) >= 11 is 0. The molecule has 0 aromatic heterocycles. The van der Waals surface area contributed by atoms with Crippen molar-refractivity contribution in [1.29, 1.82) is 0 Å². The highest BCUT2D eigenvalue weighted by molar-refractivity contribution is 5.85. The Kier molecular flexibility index (Phi) is 7.33. The van der Waals surface area contributed by atoms with E-state index < -0.39 is 23.9 Å². The molecule has 2 atom stereocenters. The van der Waals surface area contributed by atoms with Gasteiger partial charge < -0.3 is 15.6 Å². The number of rotatable bonds is 5. The first kappa shape index (κ1) is 19.0. The van der Waals surface area contributed by atoms with Gasteiger partial charge in [0.15, 0.2) is 0 Å². The summed E-state index contributed by atoms with van der Waals surface area (Å²) in [5.41, 5.74) is 5.42. The van der Waals surface area contributed by atoms with Gasteiger partial charge in [0.1, 0.15) is 5.75 Å². The minimum Gasteiger partial charge on any atom is -0.496 e. The molecule has 3 nitrogen and oxygen atoms in total. The van der Waals surface area contributed by atoms with Crippen LogP contribution in [-0.2, 0) is 6.18 Å². The van der Waals surface area contributed by atoms with Gasteiger partial charge in [0, 0.05) is 5.56 Å². The first-order valence-electron chi connectivity index (χ1n) is 6.00. The van der Waals surface area contributed by atoms with Gasteiger partial charge in [0.05, 0.1) is 24.8 Å². The van der Waals surface area contributed by atoms with Crippen LogP contribution >= 0.6 is 12.4 Å². The third-order valence-electron chi connectivity index (χ3n) is 2.92. The second-order valence-electron chi connectivity index (χ2n) is 4.34. The Labute approximate surface area is 122 Å². The number of benzene rings is 1. The van der Waals surface area contributed by atoms with Gasteiger partial charge in [0.2, 0.25) is 0 Å². The SMILES string of the molecule is CCC[C@@H](O)[C@@H](N)c1ccc(C(F)(F)F)cc1OC.Cl. The maximum absolute atomic E-state index is 12.6. The molecule has 0 spiro atoms. The lowest BCUT2D eigenvalue weighted by atomic mass is 9.97. The minimum absolute atomic E-state index is 0. The fraction of sp³-hybridized carbons (Fsp3) is 0.538. The number of methoxy groups -OCH3 is 1. The van der Waals surface area contributed by atoms with Gasteiger partial charge in [-0.15, -0.1) is 12.4 Å². The van der Waals surface area contributed by atoms with Gasteiger partial charge in [-0.05, 0) is 18.6 Å². The van der Waals surface area contributed by atoms with Crippen molar-refractivity contribution >= 4 is 12.4 Å². The molecule has 116 valence electrons. The molecule has 0 aliphatic carbocycles. The molecule has 0 bridgehead atoms. The first-order chi connectivity index (χ1) is 8.81. The van der Waals surface area contributed by atoms with Crippen LogP contribution in [0.5, 0.6) is 5.75 Å². The smallest absolute Gasteiger partial charge is 0.416 e. The van der Waals surface area contributed by atoms with Crippen molar-refractivity contribution < 1.29 is 23.0 Å². The Hall–Kier alpha value is -0.980. The summed E-state index contributed by atoms with van der Waals surface area (Å²) in [5.74, 6) is 0.0393. The third-order valence-corrected chi connectivity index (χ3v) is 2.92. The number of aliphatic hydroxyl groups excluding tert-OH is 1. The topological polar surface area (TPSA) is 55.5 Å². The van der Waals surface area contributed by atoms with Crippen LogP contribution in [0.4, 0.5) is 13.2 Å². The quantitative estimate of drug-likeness (QED) is 0.877. The van der Waals surface area contributed by atoms with Crippen molar-refractivity contribution in [3.63, 3.8) is 0 Å². The van der Waals surface area contributed by atoms with Gasteiger partial charge >= 0.3 is 6.18 Å². The summed E-state index contributed by atoms with van der Waals surface area (Å²) in [7, 11) is 1.28. The van der Waals surface area contributed by atoms with E-state index in [1.54, 1.807) is 0 Å². The van der Waals surface area contributed by atoms with E-state index in [9.17, 15) is 18.3 Å². The van der Waals surface area contributed by atoms with E-state index in [-0.39, 0.29) is 18.2 Å². The van der Waals surface area contributed by atoms with Gasteiger partial charge in [-0.25, -0.2) is 0 Å². The molecule has 1 aromatic rings. The predicted molar refractivity (Wildman–Crippen MR) is 73.1 cm³/mol. The summed E-state index contributed by atoms with van der Waals surface area (Å²) < 4.78 is 42.7. The highest BCUT2D eigenvalue weighted by Gasteiger charge is 2.32. The highest BCUT2D eigenvalue weighted by Crippen LogP contribution is 2.35. The van der Waals surface area contributed by atoms with Crippen molar-refractivity contribution in [2.45, 2.75) is 38.1 Å². The fourth-order valence-corrected chi connectivity index (χ4v) is 1.85. The molecule has 0 aliphatic heterocycles. The van der Waals surface area contributed by atoms with Crippen molar-refractivity contribution in [3.05, 3.63) is 29.3 Å². The van der Waals surface area contributed by atoms with Crippen molar-refractivity contribution in [2.75, 3.05) is 7.11 Å². The average Bonchev–Trinajstić information content (AvgIpc) is 2.36. The predicted octanol–water partition coefficient (Wildman–Crippen LogP) is 3.30. The summed E-state index contributed by atoms with van der Waals surface area (Å²) in [6.07, 6.45) is -4.03. The number of nitrogens with two attached hydrogens (primary N) is 1. The van der Waals surface area contributed by atoms with E-state index in [0.717, 1.165) is 18.6 Å². The summed E-state index contributed by atoms with van der Waals surface area (Å²) in [6.45, 7) is 1.89. The van der Waals surface area contributed by atoms with E-state index in [1.165, 1.54) is 13.2 Å². The molecular weight excluding hydrogens is 295 g/mol. The Balaban J connectivity index is 0.00000361. The molecule has 0 heterocycles. The number of alkyl halides is 3. The summed E-state index contributed by atoms with van der Waals surface area (Å²) in [6, 6.07) is 2.33. The third kappa shape index (κ3) is 4.54. The monoisotopic (exact) mass is 313 g/mol. The number of aliphatic hydroxyl groups is 1. The normalized spacial score (nSPS) is 14.3. The molecule has 0 aliphatic rings. The molecule has 1 rings (SSSR count). The van der Waals surface area contributed by atoms with Crippen LogP contribution < -0.4 is 10.5 Å². The maximum Gasteiger partial charge on any atom is 0.416 e. The standard InChI is InChI=1S/C13H18F3NO2.ClH/c1-3-4-10(18)12(17)9-6-5-8(13(14,15)16)7-11(9)19-2;/h5-7,10,12,18H,3-4,17H2,1-2H3;1H/t10-,12+;/m1./s1. The molecule has 0 saturated heterocycles. The van der Waals surface area contributed by atoms with Gasteiger partial charge in [0.25, 0.3) is 0 Å². The van der Waals surface area contributed by atoms with Crippen LogP contribution in [0.3, 0.4) is 0 Å². The fourth-order valence-electron chi connectivity index (χ4n) is 1.85. The number of ether oxygens (including phenoxy) is 1. The maximum atomic E-state index is 12.6. The van der Waals surface area contributed by atoms with E-state index >= 15 is 0 Å². The molecule has 20 heavy (non-hydrogen) atoms. The molecule has 0 unspecified atom stereocenters. The molecule has 0 amide bonds. The minimum atomic E-state index is -4.43. The van der Waals surface area contributed by atoms with Crippen molar-refractivity contribution in [3.8, 4) is 5.75 Å². The van der Waals surface area contributed by atoms with E-state index in [1.807, 2.05) is 6.92 Å². The Bertz CT molecular complexity index is 427. The lowest BCUT2D eigenvalue weighted by Crippen LogP contribution is -2.26. The number of halogens is 4. The van der Waals surface area contributed by atoms with Crippen LogP contribution in [0, 0.1) is 0 Å². The molecule has 3 N–H and O–H groups in total. The second kappa shape index (κ2) is 7.71. The molecule has 0 saturated carbocycles. The molecule has 0 fully saturated rings. The summed E-state index contributed by atoms with van der Waals surface area (Å²) in [4.78, 5) is 0. The lowest BCUT2D eigenvalue weighted by Gasteiger charge is -2.21. The van der Waals surface area contributed by atoms with E-state index in [0.29, 0.717) is 12.0 Å². The molecule has 0 radical (unpaired) electrons. The van der Waals surface area contributed by atoms with Crippen LogP contribution in [-0.4, -0.2) is 18.3 Å². The zero-order chi connectivity index (χ0) is 14.6. The van der Waals surface area contributed by atoms with Gasteiger partial charge in [-0.3, -0.25) is 0 Å².